The van der Waals surface area contributed by atoms with Gasteiger partial charge in [0.2, 0.25) is 5.91 Å². The second-order valence-corrected chi connectivity index (χ2v) is 7.14. The van der Waals surface area contributed by atoms with Crippen LogP contribution in [0.25, 0.3) is 0 Å². The number of alkyl halides is 1. The fourth-order valence-electron chi connectivity index (χ4n) is 3.21. The van der Waals surface area contributed by atoms with Crippen LogP contribution >= 0.6 is 11.6 Å². The number of urea groups is 1. The summed E-state index contributed by atoms with van der Waals surface area (Å²) in [5.41, 5.74) is 0. The lowest BCUT2D eigenvalue weighted by atomic mass is 10.1. The number of pyridine rings is 2. The lowest BCUT2D eigenvalue weighted by molar-refractivity contribution is -0.117. The van der Waals surface area contributed by atoms with Crippen LogP contribution in [0.15, 0.2) is 36.7 Å². The zero-order chi connectivity index (χ0) is 21.7. The Balaban J connectivity index is 1.75. The van der Waals surface area contributed by atoms with Crippen LogP contribution in [-0.4, -0.2) is 58.7 Å². The minimum Gasteiger partial charge on any atom is -0.492 e. The first-order valence-electron chi connectivity index (χ1n) is 9.65. The fourth-order valence-corrected chi connectivity index (χ4v) is 3.37. The molecule has 160 valence electrons. The molecule has 8 nitrogen and oxygen atoms in total. The molecule has 0 unspecified atom stereocenters. The number of anilines is 2. The maximum atomic E-state index is 14.6. The Morgan fingerprint density at radius 3 is 2.80 bits per heavy atom. The number of hydrogen-bond acceptors (Lipinski definition) is 5. The normalized spacial score (nSPS) is 17.2. The van der Waals surface area contributed by atoms with Crippen molar-refractivity contribution < 1.29 is 18.7 Å². The highest BCUT2D eigenvalue weighted by atomic mass is 35.5. The van der Waals surface area contributed by atoms with Gasteiger partial charge in [-0.2, -0.15) is 0 Å². The number of amides is 3. The molecule has 0 aromatic carbocycles. The van der Waals surface area contributed by atoms with Gasteiger partial charge in [0.1, 0.15) is 30.1 Å². The van der Waals surface area contributed by atoms with Crippen LogP contribution in [0, 0.1) is 0 Å². The lowest BCUT2D eigenvalue weighted by Gasteiger charge is -2.24. The Kier molecular flexibility index (Phi) is 7.04. The average molecular weight is 436 g/mol. The van der Waals surface area contributed by atoms with Crippen molar-refractivity contribution in [2.75, 3.05) is 29.9 Å². The van der Waals surface area contributed by atoms with Crippen molar-refractivity contribution >= 4 is 35.2 Å². The standard InChI is InChI=1S/C20H23ClFN5O3/c1-3-15(22)16-11-27(18-6-5-14(10-24-18)30-4-2)20(29)26(16)12-19(28)25-17-9-13(21)7-8-23-17/h5-10,15-16H,3-4,11-12H2,1-2H3,(H,23,25,28)/t15-,16+/m0/s1. The summed E-state index contributed by atoms with van der Waals surface area (Å²) in [4.78, 5) is 36.3. The van der Waals surface area contributed by atoms with Crippen molar-refractivity contribution in [2.24, 2.45) is 0 Å². The van der Waals surface area contributed by atoms with Crippen LogP contribution < -0.4 is 15.0 Å². The second kappa shape index (κ2) is 9.71. The van der Waals surface area contributed by atoms with E-state index in [2.05, 4.69) is 15.3 Å². The first-order chi connectivity index (χ1) is 14.4. The molecule has 1 aliphatic heterocycles. The molecule has 0 bridgehead atoms. The van der Waals surface area contributed by atoms with Gasteiger partial charge in [-0.3, -0.25) is 9.69 Å². The largest absolute Gasteiger partial charge is 0.492 e. The van der Waals surface area contributed by atoms with Gasteiger partial charge in [0, 0.05) is 11.2 Å². The van der Waals surface area contributed by atoms with E-state index in [9.17, 15) is 14.0 Å². The Morgan fingerprint density at radius 1 is 1.37 bits per heavy atom. The second-order valence-electron chi connectivity index (χ2n) is 6.71. The molecule has 0 aliphatic carbocycles. The van der Waals surface area contributed by atoms with Crippen LogP contribution in [-0.2, 0) is 4.79 Å². The predicted molar refractivity (Wildman–Crippen MR) is 112 cm³/mol. The van der Waals surface area contributed by atoms with Gasteiger partial charge >= 0.3 is 6.03 Å². The number of rotatable bonds is 8. The van der Waals surface area contributed by atoms with E-state index < -0.39 is 24.2 Å². The number of hydrogen-bond donors (Lipinski definition) is 1. The van der Waals surface area contributed by atoms with E-state index in [1.54, 1.807) is 25.1 Å². The minimum atomic E-state index is -1.28. The van der Waals surface area contributed by atoms with E-state index >= 15 is 0 Å². The number of halogens is 2. The molecular formula is C20H23ClFN5O3. The number of ether oxygens (including phenoxy) is 1. The molecule has 1 saturated heterocycles. The van der Waals surface area contributed by atoms with Gasteiger partial charge in [-0.25, -0.2) is 19.2 Å². The van der Waals surface area contributed by atoms with Crippen LogP contribution in [0.2, 0.25) is 5.02 Å². The molecule has 0 radical (unpaired) electrons. The summed E-state index contributed by atoms with van der Waals surface area (Å²) in [6.45, 7) is 3.83. The third-order valence-corrected chi connectivity index (χ3v) is 4.90. The molecule has 1 aliphatic rings. The van der Waals surface area contributed by atoms with Crippen molar-refractivity contribution in [1.82, 2.24) is 14.9 Å². The van der Waals surface area contributed by atoms with Gasteiger partial charge in [0.25, 0.3) is 0 Å². The van der Waals surface area contributed by atoms with Crippen molar-refractivity contribution in [3.8, 4) is 5.75 Å². The third-order valence-electron chi connectivity index (χ3n) is 4.67. The maximum Gasteiger partial charge on any atom is 0.326 e. The molecule has 30 heavy (non-hydrogen) atoms. The molecule has 2 aromatic heterocycles. The van der Waals surface area contributed by atoms with E-state index in [-0.39, 0.29) is 25.3 Å². The van der Waals surface area contributed by atoms with Crippen LogP contribution in [0.5, 0.6) is 5.75 Å². The number of nitrogens with zero attached hydrogens (tertiary/aromatic N) is 4. The van der Waals surface area contributed by atoms with Crippen molar-refractivity contribution in [2.45, 2.75) is 32.5 Å². The van der Waals surface area contributed by atoms with E-state index in [4.69, 9.17) is 16.3 Å². The van der Waals surface area contributed by atoms with E-state index in [1.165, 1.54) is 28.3 Å². The van der Waals surface area contributed by atoms with Crippen molar-refractivity contribution in [3.63, 3.8) is 0 Å². The molecular weight excluding hydrogens is 413 g/mol. The quantitative estimate of drug-likeness (QED) is 0.685. The summed E-state index contributed by atoms with van der Waals surface area (Å²) in [5, 5.41) is 3.00. The summed E-state index contributed by atoms with van der Waals surface area (Å²) in [7, 11) is 0. The summed E-state index contributed by atoms with van der Waals surface area (Å²) in [6, 6.07) is 5.15. The number of aromatic nitrogens is 2. The highest BCUT2D eigenvalue weighted by Gasteiger charge is 2.43. The van der Waals surface area contributed by atoms with Gasteiger partial charge in [0.05, 0.1) is 25.4 Å². The average Bonchev–Trinajstić information content (AvgIpc) is 3.04. The molecule has 3 amide bonds. The van der Waals surface area contributed by atoms with Crippen molar-refractivity contribution in [1.29, 1.82) is 0 Å². The van der Waals surface area contributed by atoms with Crippen molar-refractivity contribution in [3.05, 3.63) is 41.7 Å². The first kappa shape index (κ1) is 21.8. The molecule has 2 aromatic rings. The number of carbonyl (C=O) groups is 2. The molecule has 3 rings (SSSR count). The Hall–Kier alpha value is -2.94. The lowest BCUT2D eigenvalue weighted by Crippen LogP contribution is -2.44. The number of nitrogens with one attached hydrogen (secondary N) is 1. The van der Waals surface area contributed by atoms with Gasteiger partial charge < -0.3 is 15.0 Å². The third kappa shape index (κ3) is 4.96. The first-order valence-corrected chi connectivity index (χ1v) is 10.0. The summed E-state index contributed by atoms with van der Waals surface area (Å²) >= 11 is 5.90. The van der Waals surface area contributed by atoms with Crippen LogP contribution in [0.3, 0.4) is 0 Å². The zero-order valence-corrected chi connectivity index (χ0v) is 17.5. The van der Waals surface area contributed by atoms with Gasteiger partial charge in [-0.15, -0.1) is 0 Å². The van der Waals surface area contributed by atoms with Gasteiger partial charge in [-0.05, 0) is 37.6 Å². The monoisotopic (exact) mass is 435 g/mol. The molecule has 0 spiro atoms. The molecule has 3 heterocycles. The molecule has 2 atom stereocenters. The summed E-state index contributed by atoms with van der Waals surface area (Å²) in [5.74, 6) is 0.712. The van der Waals surface area contributed by atoms with Crippen LogP contribution in [0.1, 0.15) is 20.3 Å². The Morgan fingerprint density at radius 2 is 2.17 bits per heavy atom. The summed E-state index contributed by atoms with van der Waals surface area (Å²) < 4.78 is 20.0. The predicted octanol–water partition coefficient (Wildman–Crippen LogP) is 3.53. The SMILES string of the molecule is CCOc1ccc(N2C[C@H]([C@@H](F)CC)N(CC(=O)Nc3cc(Cl)ccn3)C2=O)nc1. The smallest absolute Gasteiger partial charge is 0.326 e. The van der Waals surface area contributed by atoms with Gasteiger partial charge in [0.15, 0.2) is 0 Å². The summed E-state index contributed by atoms with van der Waals surface area (Å²) in [6.07, 6.45) is 1.90. The fraction of sp³-hybridized carbons (Fsp3) is 0.400. The number of carbonyl (C=O) groups excluding carboxylic acids is 2. The molecule has 0 saturated carbocycles. The Labute approximate surface area is 179 Å². The zero-order valence-electron chi connectivity index (χ0n) is 16.7. The molecule has 1 N–H and O–H groups in total. The maximum absolute atomic E-state index is 14.6. The topological polar surface area (TPSA) is 87.7 Å². The highest BCUT2D eigenvalue weighted by Crippen LogP contribution is 2.27. The van der Waals surface area contributed by atoms with Gasteiger partial charge in [-0.1, -0.05) is 18.5 Å². The van der Waals surface area contributed by atoms with E-state index in [0.717, 1.165) is 0 Å². The molecule has 10 heteroatoms. The van der Waals surface area contributed by atoms with Crippen LogP contribution in [0.4, 0.5) is 20.8 Å². The highest BCUT2D eigenvalue weighted by molar-refractivity contribution is 6.30. The minimum absolute atomic E-state index is 0.0948. The Bertz CT molecular complexity index is 898. The van der Waals surface area contributed by atoms with E-state index in [0.29, 0.717) is 23.2 Å². The molecule has 1 fully saturated rings. The van der Waals surface area contributed by atoms with E-state index in [1.807, 2.05) is 6.92 Å².